The molecule has 2 nitrogen and oxygen atoms in total. The van der Waals surface area contributed by atoms with Crippen molar-refractivity contribution < 1.29 is 9.53 Å². The van der Waals surface area contributed by atoms with Crippen molar-refractivity contribution in [3.8, 4) is 0 Å². The van der Waals surface area contributed by atoms with E-state index in [-0.39, 0.29) is 5.97 Å². The van der Waals surface area contributed by atoms with Gasteiger partial charge in [0, 0.05) is 11.8 Å². The van der Waals surface area contributed by atoms with Crippen LogP contribution in [0.1, 0.15) is 44.1 Å². The summed E-state index contributed by atoms with van der Waals surface area (Å²) in [5.74, 6) is -0.0470. The maximum atomic E-state index is 11.4. The van der Waals surface area contributed by atoms with E-state index in [0.717, 1.165) is 43.9 Å². The van der Waals surface area contributed by atoms with E-state index in [1.807, 2.05) is 6.07 Å². The van der Waals surface area contributed by atoms with Crippen molar-refractivity contribution in [1.82, 2.24) is 0 Å². The number of carbonyl (C=O) groups excluding carboxylic acids is 1. The first-order valence-corrected chi connectivity index (χ1v) is 8.20. The maximum Gasteiger partial charge on any atom is 0.305 e. The van der Waals surface area contributed by atoms with Crippen LogP contribution in [0.15, 0.2) is 30.3 Å². The van der Waals surface area contributed by atoms with Crippen LogP contribution in [0.5, 0.6) is 0 Å². The fourth-order valence-electron chi connectivity index (χ4n) is 1.87. The van der Waals surface area contributed by atoms with Gasteiger partial charge in [-0.3, -0.25) is 4.79 Å². The molecule has 0 spiro atoms. The van der Waals surface area contributed by atoms with E-state index >= 15 is 0 Å². The number of ether oxygens (including phenoxy) is 1. The molecule has 0 amide bonds. The van der Waals surface area contributed by atoms with Crippen LogP contribution in [-0.2, 0) is 16.0 Å². The Kier molecular flexibility index (Phi) is 9.42. The molecule has 0 N–H and O–H groups in total. The number of carbonyl (C=O) groups is 1. The lowest BCUT2D eigenvalue weighted by Gasteiger charge is -2.05. The van der Waals surface area contributed by atoms with E-state index in [9.17, 15) is 4.79 Å². The Hall–Kier alpha value is -0.830. The summed E-state index contributed by atoms with van der Waals surface area (Å²) < 4.78 is 5.21. The first kappa shape index (κ1) is 16.2. The largest absolute Gasteiger partial charge is 0.466 e. The number of hydrogen-bond donors (Lipinski definition) is 0. The molecule has 0 saturated carbocycles. The summed E-state index contributed by atoms with van der Waals surface area (Å²) in [7, 11) is 0. The van der Waals surface area contributed by atoms with Gasteiger partial charge in [-0.05, 0) is 37.7 Å². The smallest absolute Gasteiger partial charge is 0.305 e. The lowest BCUT2D eigenvalue weighted by molar-refractivity contribution is -0.143. The topological polar surface area (TPSA) is 26.3 Å². The number of esters is 1. The number of halogens is 1. The van der Waals surface area contributed by atoms with Crippen molar-refractivity contribution in [3.63, 3.8) is 0 Å². The minimum Gasteiger partial charge on any atom is -0.466 e. The Morgan fingerprint density at radius 2 is 1.79 bits per heavy atom. The minimum atomic E-state index is -0.0470. The van der Waals surface area contributed by atoms with Gasteiger partial charge in [0.15, 0.2) is 0 Å². The second-order valence-electron chi connectivity index (χ2n) is 4.66. The monoisotopic (exact) mass is 326 g/mol. The second kappa shape index (κ2) is 11.0. The zero-order valence-corrected chi connectivity index (χ0v) is 13.0. The van der Waals surface area contributed by atoms with Crippen molar-refractivity contribution in [3.05, 3.63) is 35.9 Å². The molecule has 1 rings (SSSR count). The Balaban J connectivity index is 1.94. The fourth-order valence-corrected chi connectivity index (χ4v) is 2.27. The third-order valence-electron chi connectivity index (χ3n) is 2.98. The molecule has 3 heteroatoms. The average molecular weight is 327 g/mol. The molecular weight excluding hydrogens is 304 g/mol. The molecule has 0 aliphatic carbocycles. The van der Waals surface area contributed by atoms with Crippen molar-refractivity contribution >= 4 is 21.9 Å². The van der Waals surface area contributed by atoms with Gasteiger partial charge in [0.05, 0.1) is 6.61 Å². The lowest BCUT2D eigenvalue weighted by atomic mass is 10.1. The van der Waals surface area contributed by atoms with E-state index < -0.39 is 0 Å². The van der Waals surface area contributed by atoms with Crippen LogP contribution in [0.25, 0.3) is 0 Å². The van der Waals surface area contributed by atoms with Crippen LogP contribution in [-0.4, -0.2) is 17.9 Å². The van der Waals surface area contributed by atoms with Gasteiger partial charge in [0.1, 0.15) is 0 Å². The molecular formula is C16H23BrO2. The van der Waals surface area contributed by atoms with E-state index in [1.165, 1.54) is 5.56 Å². The summed E-state index contributed by atoms with van der Waals surface area (Å²) in [6, 6.07) is 10.4. The molecule has 0 heterocycles. The fraction of sp³-hybridized carbons (Fsp3) is 0.562. The van der Waals surface area contributed by atoms with E-state index in [0.29, 0.717) is 13.0 Å². The molecule has 0 aliphatic rings. The van der Waals surface area contributed by atoms with E-state index in [1.54, 1.807) is 0 Å². The highest BCUT2D eigenvalue weighted by molar-refractivity contribution is 9.09. The molecule has 0 radical (unpaired) electrons. The molecule has 1 aromatic rings. The van der Waals surface area contributed by atoms with Crippen molar-refractivity contribution in [1.29, 1.82) is 0 Å². The van der Waals surface area contributed by atoms with E-state index in [2.05, 4.69) is 40.2 Å². The van der Waals surface area contributed by atoms with Crippen LogP contribution in [0.2, 0.25) is 0 Å². The van der Waals surface area contributed by atoms with Gasteiger partial charge in [0.2, 0.25) is 0 Å². The highest BCUT2D eigenvalue weighted by Gasteiger charge is 2.02. The third kappa shape index (κ3) is 8.82. The first-order valence-electron chi connectivity index (χ1n) is 7.08. The lowest BCUT2D eigenvalue weighted by Crippen LogP contribution is -2.05. The first-order chi connectivity index (χ1) is 9.33. The molecule has 0 aliphatic heterocycles. The Morgan fingerprint density at radius 1 is 1.00 bits per heavy atom. The number of alkyl halides is 1. The summed E-state index contributed by atoms with van der Waals surface area (Å²) in [5.41, 5.74) is 1.35. The number of benzene rings is 1. The average Bonchev–Trinajstić information content (AvgIpc) is 2.44. The van der Waals surface area contributed by atoms with Crippen LogP contribution in [0.4, 0.5) is 0 Å². The Morgan fingerprint density at radius 3 is 2.53 bits per heavy atom. The molecule has 106 valence electrons. The molecule has 19 heavy (non-hydrogen) atoms. The Labute approximate surface area is 124 Å². The zero-order chi connectivity index (χ0) is 13.8. The molecule has 0 unspecified atom stereocenters. The predicted octanol–water partition coefficient (Wildman–Crippen LogP) is 4.51. The minimum absolute atomic E-state index is 0.0470. The second-order valence-corrected chi connectivity index (χ2v) is 5.46. The van der Waals surface area contributed by atoms with Gasteiger partial charge in [-0.15, -0.1) is 0 Å². The van der Waals surface area contributed by atoms with Crippen molar-refractivity contribution in [2.75, 3.05) is 11.9 Å². The molecule has 0 saturated heterocycles. The number of hydrogen-bond acceptors (Lipinski definition) is 2. The quantitative estimate of drug-likeness (QED) is 0.359. The van der Waals surface area contributed by atoms with Crippen LogP contribution >= 0.6 is 15.9 Å². The maximum absolute atomic E-state index is 11.4. The SMILES string of the molecule is O=C(CCCCCBr)OCCCCc1ccccc1. The van der Waals surface area contributed by atoms with Crippen LogP contribution < -0.4 is 0 Å². The predicted molar refractivity (Wildman–Crippen MR) is 82.6 cm³/mol. The number of unbranched alkanes of at least 4 members (excludes halogenated alkanes) is 3. The van der Waals surface area contributed by atoms with Gasteiger partial charge in [0.25, 0.3) is 0 Å². The third-order valence-corrected chi connectivity index (χ3v) is 3.54. The summed E-state index contributed by atoms with van der Waals surface area (Å²) in [6.07, 6.45) is 6.80. The van der Waals surface area contributed by atoms with Crippen molar-refractivity contribution in [2.45, 2.75) is 44.9 Å². The van der Waals surface area contributed by atoms with E-state index in [4.69, 9.17) is 4.74 Å². The molecule has 0 fully saturated rings. The van der Waals surface area contributed by atoms with Gasteiger partial charge in [-0.1, -0.05) is 52.7 Å². The van der Waals surface area contributed by atoms with Crippen LogP contribution in [0.3, 0.4) is 0 Å². The summed E-state index contributed by atoms with van der Waals surface area (Å²) >= 11 is 3.38. The highest BCUT2D eigenvalue weighted by atomic mass is 79.9. The van der Waals surface area contributed by atoms with Crippen LogP contribution in [0, 0.1) is 0 Å². The Bertz CT molecular complexity index is 338. The normalized spacial score (nSPS) is 10.4. The van der Waals surface area contributed by atoms with Gasteiger partial charge >= 0.3 is 5.97 Å². The van der Waals surface area contributed by atoms with Gasteiger partial charge < -0.3 is 4.74 Å². The molecule has 0 aromatic heterocycles. The number of aryl methyl sites for hydroxylation is 1. The summed E-state index contributed by atoms with van der Waals surface area (Å²) in [6.45, 7) is 0.560. The highest BCUT2D eigenvalue weighted by Crippen LogP contribution is 2.06. The molecule has 0 atom stereocenters. The van der Waals surface area contributed by atoms with Crippen molar-refractivity contribution in [2.24, 2.45) is 0 Å². The number of rotatable bonds is 10. The summed E-state index contributed by atoms with van der Waals surface area (Å²) in [4.78, 5) is 11.4. The van der Waals surface area contributed by atoms with Gasteiger partial charge in [-0.25, -0.2) is 0 Å². The molecule has 0 bridgehead atoms. The standard InChI is InChI=1S/C16H23BrO2/c17-13-7-2-5-12-16(18)19-14-8-6-11-15-9-3-1-4-10-15/h1,3-4,9-10H,2,5-8,11-14H2. The zero-order valence-electron chi connectivity index (χ0n) is 11.4. The summed E-state index contributed by atoms with van der Waals surface area (Å²) in [5, 5.41) is 1.02. The van der Waals surface area contributed by atoms with Gasteiger partial charge in [-0.2, -0.15) is 0 Å². The molecule has 1 aromatic carbocycles.